The van der Waals surface area contributed by atoms with Crippen molar-refractivity contribution in [2.75, 3.05) is 0 Å². The molecule has 5 heteroatoms. The highest BCUT2D eigenvalue weighted by molar-refractivity contribution is 9.10. The van der Waals surface area contributed by atoms with Crippen LogP contribution in [-0.4, -0.2) is 11.3 Å². The molecule has 2 aromatic rings. The van der Waals surface area contributed by atoms with Crippen molar-refractivity contribution in [3.63, 3.8) is 0 Å². The maximum Gasteiger partial charge on any atom is 0.154 e. The number of hydrogen-bond donors (Lipinski definition) is 0. The summed E-state index contributed by atoms with van der Waals surface area (Å²) in [5.41, 5.74) is 0.665. The molecule has 0 aliphatic carbocycles. The molecule has 0 spiro atoms. The van der Waals surface area contributed by atoms with E-state index in [0.717, 1.165) is 20.0 Å². The first-order valence-corrected chi connectivity index (χ1v) is 6.60. The van der Waals surface area contributed by atoms with E-state index in [9.17, 15) is 4.79 Å². The summed E-state index contributed by atoms with van der Waals surface area (Å²) in [5, 5.41) is 1.94. The van der Waals surface area contributed by atoms with Crippen molar-refractivity contribution < 1.29 is 4.79 Å². The van der Waals surface area contributed by atoms with Gasteiger partial charge < -0.3 is 0 Å². The highest BCUT2D eigenvalue weighted by Gasteiger charge is 2.03. The molecule has 1 aromatic carbocycles. The lowest BCUT2D eigenvalue weighted by Gasteiger charge is -2.00. The van der Waals surface area contributed by atoms with Gasteiger partial charge >= 0.3 is 0 Å². The Morgan fingerprint density at radius 2 is 2.33 bits per heavy atom. The van der Waals surface area contributed by atoms with E-state index in [-0.39, 0.29) is 0 Å². The summed E-state index contributed by atoms with van der Waals surface area (Å²) in [4.78, 5) is 15.9. The van der Waals surface area contributed by atoms with Gasteiger partial charge in [-0.15, -0.1) is 11.3 Å². The van der Waals surface area contributed by atoms with E-state index < -0.39 is 0 Å². The van der Waals surface area contributed by atoms with Crippen LogP contribution < -0.4 is 0 Å². The predicted octanol–water partition coefficient (Wildman–Crippen LogP) is 3.87. The van der Waals surface area contributed by atoms with E-state index >= 15 is 0 Å². The van der Waals surface area contributed by atoms with Crippen LogP contribution in [0.3, 0.4) is 0 Å². The monoisotopic (exact) mass is 299 g/mol. The van der Waals surface area contributed by atoms with Crippen LogP contribution >= 0.6 is 39.0 Å². The molecule has 0 saturated heterocycles. The normalized spacial score (nSPS) is 10.2. The van der Waals surface area contributed by atoms with Crippen molar-refractivity contribution in [1.29, 1.82) is 0 Å². The molecule has 0 N–H and O–H groups in total. The molecule has 15 heavy (non-hydrogen) atoms. The number of nitrogens with zero attached hydrogens (tertiary/aromatic N) is 1. The molecule has 1 aromatic heterocycles. The highest BCUT2D eigenvalue weighted by Crippen LogP contribution is 2.31. The van der Waals surface area contributed by atoms with E-state index in [1.165, 1.54) is 0 Å². The third-order valence-electron chi connectivity index (χ3n) is 1.71. The molecular weight excluding hydrogens is 294 g/mol. The summed E-state index contributed by atoms with van der Waals surface area (Å²) in [6, 6.07) is 5.64. The number of carbonyl (C=O) groups excluding carboxylic acids is 1. The van der Waals surface area contributed by atoms with Gasteiger partial charge in [0.05, 0.1) is 0 Å². The van der Waals surface area contributed by atoms with Crippen LogP contribution in [0, 0.1) is 0 Å². The minimum Gasteiger partial charge on any atom is -0.298 e. The molecule has 2 nitrogen and oxygen atoms in total. The zero-order valence-electron chi connectivity index (χ0n) is 7.51. The van der Waals surface area contributed by atoms with Crippen LogP contribution in [0.5, 0.6) is 0 Å². The second kappa shape index (κ2) is 4.92. The van der Waals surface area contributed by atoms with Crippen LogP contribution in [0.4, 0.5) is 0 Å². The average molecular weight is 300 g/mol. The Morgan fingerprint density at radius 1 is 1.47 bits per heavy atom. The molecule has 76 valence electrons. The molecule has 0 radical (unpaired) electrons. The Bertz CT molecular complexity index is 470. The average Bonchev–Trinajstić information content (AvgIpc) is 2.71. The van der Waals surface area contributed by atoms with Crippen molar-refractivity contribution in [1.82, 2.24) is 4.98 Å². The summed E-state index contributed by atoms with van der Waals surface area (Å²) < 4.78 is 1.82. The summed E-state index contributed by atoms with van der Waals surface area (Å²) >= 11 is 6.54. The summed E-state index contributed by atoms with van der Waals surface area (Å²) in [6.07, 6.45) is 2.61. The first-order valence-electron chi connectivity index (χ1n) is 4.11. The lowest BCUT2D eigenvalue weighted by molar-refractivity contribution is 0.112. The van der Waals surface area contributed by atoms with Crippen LogP contribution in [-0.2, 0) is 0 Å². The van der Waals surface area contributed by atoms with Gasteiger partial charge in [0.1, 0.15) is 0 Å². The third-order valence-corrected chi connectivity index (χ3v) is 4.27. The fourth-order valence-electron chi connectivity index (χ4n) is 1.03. The number of rotatable bonds is 3. The third kappa shape index (κ3) is 2.68. The van der Waals surface area contributed by atoms with Gasteiger partial charge in [-0.05, 0) is 18.2 Å². The lowest BCUT2D eigenvalue weighted by Crippen LogP contribution is -1.82. The maximum atomic E-state index is 10.6. The van der Waals surface area contributed by atoms with Gasteiger partial charge in [0, 0.05) is 26.5 Å². The van der Waals surface area contributed by atoms with E-state index in [1.807, 2.05) is 17.5 Å². The fraction of sp³-hybridized carbons (Fsp3) is 0. The quantitative estimate of drug-likeness (QED) is 0.806. The minimum atomic E-state index is 0.665. The first kappa shape index (κ1) is 10.9. The van der Waals surface area contributed by atoms with E-state index in [0.29, 0.717) is 5.56 Å². The summed E-state index contributed by atoms with van der Waals surface area (Å²) in [7, 11) is 0. The van der Waals surface area contributed by atoms with Gasteiger partial charge in [0.15, 0.2) is 10.6 Å². The molecule has 0 aliphatic rings. The predicted molar refractivity (Wildman–Crippen MR) is 65.8 cm³/mol. The molecule has 0 atom stereocenters. The van der Waals surface area contributed by atoms with Gasteiger partial charge in [-0.3, -0.25) is 4.79 Å². The highest BCUT2D eigenvalue weighted by atomic mass is 79.9. The minimum absolute atomic E-state index is 0.665. The molecule has 0 aliphatic heterocycles. The first-order chi connectivity index (χ1) is 7.29. The standard InChI is InChI=1S/C10H6BrNOS2/c11-9-5-8(2-1-7(9)6-13)15-10-12-3-4-14-10/h1-6H. The number of aldehydes is 1. The van der Waals surface area contributed by atoms with E-state index in [1.54, 1.807) is 35.4 Å². The van der Waals surface area contributed by atoms with Gasteiger partial charge in [-0.2, -0.15) is 0 Å². The summed E-state index contributed by atoms with van der Waals surface area (Å²) in [5.74, 6) is 0. The Balaban J connectivity index is 2.23. The van der Waals surface area contributed by atoms with Crippen molar-refractivity contribution in [2.45, 2.75) is 9.24 Å². The number of thiazole rings is 1. The van der Waals surface area contributed by atoms with Gasteiger partial charge in [-0.1, -0.05) is 27.7 Å². The number of aromatic nitrogens is 1. The zero-order valence-corrected chi connectivity index (χ0v) is 10.7. The number of benzene rings is 1. The van der Waals surface area contributed by atoms with Crippen molar-refractivity contribution >= 4 is 45.3 Å². The van der Waals surface area contributed by atoms with Crippen molar-refractivity contribution in [3.05, 3.63) is 39.8 Å². The molecule has 0 saturated carbocycles. The van der Waals surface area contributed by atoms with Crippen LogP contribution in [0.25, 0.3) is 0 Å². The summed E-state index contributed by atoms with van der Waals surface area (Å²) in [6.45, 7) is 0. The van der Waals surface area contributed by atoms with E-state index in [2.05, 4.69) is 20.9 Å². The Morgan fingerprint density at radius 3 is 2.93 bits per heavy atom. The number of carbonyl (C=O) groups is 1. The van der Waals surface area contributed by atoms with Gasteiger partial charge in [-0.25, -0.2) is 4.98 Å². The SMILES string of the molecule is O=Cc1ccc(Sc2nccs2)cc1Br. The van der Waals surface area contributed by atoms with Gasteiger partial charge in [0.25, 0.3) is 0 Å². The van der Waals surface area contributed by atoms with Gasteiger partial charge in [0.2, 0.25) is 0 Å². The molecule has 0 amide bonds. The zero-order chi connectivity index (χ0) is 10.7. The molecular formula is C10H6BrNOS2. The number of hydrogen-bond acceptors (Lipinski definition) is 4. The Labute approximate surface area is 104 Å². The topological polar surface area (TPSA) is 30.0 Å². The van der Waals surface area contributed by atoms with Crippen LogP contribution in [0.15, 0.2) is 43.5 Å². The lowest BCUT2D eigenvalue weighted by atomic mass is 10.2. The molecule has 0 bridgehead atoms. The fourth-order valence-corrected chi connectivity index (χ4v) is 3.29. The molecule has 1 heterocycles. The van der Waals surface area contributed by atoms with E-state index in [4.69, 9.17) is 0 Å². The molecule has 2 rings (SSSR count). The number of halogens is 1. The maximum absolute atomic E-state index is 10.6. The smallest absolute Gasteiger partial charge is 0.154 e. The second-order valence-electron chi connectivity index (χ2n) is 2.70. The molecule has 0 unspecified atom stereocenters. The largest absolute Gasteiger partial charge is 0.298 e. The Hall–Kier alpha value is -0.650. The van der Waals surface area contributed by atoms with Crippen molar-refractivity contribution in [3.8, 4) is 0 Å². The van der Waals surface area contributed by atoms with Crippen LogP contribution in [0.1, 0.15) is 10.4 Å². The van der Waals surface area contributed by atoms with Crippen LogP contribution in [0.2, 0.25) is 0 Å². The van der Waals surface area contributed by atoms with Crippen molar-refractivity contribution in [2.24, 2.45) is 0 Å². The molecule has 0 fully saturated rings. The Kier molecular flexibility index (Phi) is 3.56. The second-order valence-corrected chi connectivity index (χ2v) is 5.77.